The predicted octanol–water partition coefficient (Wildman–Crippen LogP) is -1.20. The minimum Gasteiger partial charge on any atom is -0.383 e. The van der Waals surface area contributed by atoms with Gasteiger partial charge >= 0.3 is 0 Å². The molecular formula is C10H23N3O4S. The van der Waals surface area contributed by atoms with Crippen LogP contribution in [0.3, 0.4) is 0 Å². The van der Waals surface area contributed by atoms with Gasteiger partial charge in [0.1, 0.15) is 0 Å². The second kappa shape index (κ2) is 9.26. The van der Waals surface area contributed by atoms with E-state index in [0.717, 1.165) is 0 Å². The van der Waals surface area contributed by atoms with Gasteiger partial charge in [-0.2, -0.15) is 0 Å². The summed E-state index contributed by atoms with van der Waals surface area (Å²) >= 11 is 0. The van der Waals surface area contributed by atoms with Crippen LogP contribution in [0.15, 0.2) is 0 Å². The smallest absolute Gasteiger partial charge is 0.237 e. The molecule has 0 aliphatic rings. The molecule has 0 bridgehead atoms. The fourth-order valence-electron chi connectivity index (χ4n) is 1.25. The summed E-state index contributed by atoms with van der Waals surface area (Å²) in [6.07, 6.45) is 1.14. The van der Waals surface area contributed by atoms with E-state index in [-0.39, 0.29) is 11.7 Å². The number of unbranched alkanes of at least 4 members (excludes halogenated alkanes) is 1. The molecule has 0 rings (SSSR count). The third kappa shape index (κ3) is 8.40. The van der Waals surface area contributed by atoms with Crippen molar-refractivity contribution in [1.82, 2.24) is 10.0 Å². The van der Waals surface area contributed by atoms with Gasteiger partial charge in [-0.3, -0.25) is 4.79 Å². The zero-order valence-electron chi connectivity index (χ0n) is 10.9. The molecule has 18 heavy (non-hydrogen) atoms. The Balaban J connectivity index is 4.04. The Hall–Kier alpha value is -0.700. The first-order valence-corrected chi connectivity index (χ1v) is 7.55. The van der Waals surface area contributed by atoms with Crippen molar-refractivity contribution in [2.75, 3.05) is 32.6 Å². The lowest BCUT2D eigenvalue weighted by molar-refractivity contribution is -0.122. The van der Waals surface area contributed by atoms with Crippen molar-refractivity contribution in [2.45, 2.75) is 25.8 Å². The number of nitrogens with two attached hydrogens (primary N) is 1. The Morgan fingerprint density at radius 2 is 2.06 bits per heavy atom. The minimum absolute atomic E-state index is 0.0140. The average molecular weight is 281 g/mol. The zero-order valence-corrected chi connectivity index (χ0v) is 11.8. The lowest BCUT2D eigenvalue weighted by Gasteiger charge is -2.14. The maximum absolute atomic E-state index is 11.6. The highest BCUT2D eigenvalue weighted by Gasteiger charge is 2.19. The van der Waals surface area contributed by atoms with E-state index >= 15 is 0 Å². The number of hydrogen-bond acceptors (Lipinski definition) is 5. The fourth-order valence-corrected chi connectivity index (χ4v) is 2.60. The molecule has 1 atom stereocenters. The summed E-state index contributed by atoms with van der Waals surface area (Å²) in [4.78, 5) is 11.5. The molecule has 0 aromatic rings. The second-order valence-electron chi connectivity index (χ2n) is 3.94. The number of carbonyl (C=O) groups is 1. The van der Waals surface area contributed by atoms with E-state index in [1.165, 1.54) is 14.0 Å². The van der Waals surface area contributed by atoms with Crippen molar-refractivity contribution in [1.29, 1.82) is 0 Å². The quantitative estimate of drug-likeness (QED) is 0.435. The topological polar surface area (TPSA) is 111 Å². The lowest BCUT2D eigenvalue weighted by Crippen LogP contribution is -2.46. The SMILES string of the molecule is COCCNC(=O)C(C)NS(=O)(=O)CCCCN. The Kier molecular flexibility index (Phi) is 8.90. The van der Waals surface area contributed by atoms with Gasteiger partial charge in [0, 0.05) is 13.7 Å². The minimum atomic E-state index is -3.43. The largest absolute Gasteiger partial charge is 0.383 e. The summed E-state index contributed by atoms with van der Waals surface area (Å²) < 4.78 is 30.3. The Labute approximate surface area is 108 Å². The van der Waals surface area contributed by atoms with Gasteiger partial charge in [-0.05, 0) is 26.3 Å². The lowest BCUT2D eigenvalue weighted by atomic mass is 10.3. The predicted molar refractivity (Wildman–Crippen MR) is 69.6 cm³/mol. The highest BCUT2D eigenvalue weighted by Crippen LogP contribution is 1.95. The highest BCUT2D eigenvalue weighted by atomic mass is 32.2. The van der Waals surface area contributed by atoms with Crippen LogP contribution in [0.5, 0.6) is 0 Å². The van der Waals surface area contributed by atoms with Gasteiger partial charge in [0.25, 0.3) is 0 Å². The van der Waals surface area contributed by atoms with Gasteiger partial charge in [0.05, 0.1) is 18.4 Å². The van der Waals surface area contributed by atoms with E-state index in [2.05, 4.69) is 10.0 Å². The van der Waals surface area contributed by atoms with Crippen molar-refractivity contribution >= 4 is 15.9 Å². The van der Waals surface area contributed by atoms with Crippen LogP contribution in [-0.2, 0) is 19.6 Å². The summed E-state index contributed by atoms with van der Waals surface area (Å²) in [5, 5.41) is 2.56. The standard InChI is InChI=1S/C10H23N3O4S/c1-9(10(14)12-6-7-17-2)13-18(15,16)8-4-3-5-11/h9,13H,3-8,11H2,1-2H3,(H,12,14). The summed E-state index contributed by atoms with van der Waals surface area (Å²) in [6, 6.07) is -0.787. The van der Waals surface area contributed by atoms with Gasteiger partial charge in [0.15, 0.2) is 0 Å². The molecule has 0 saturated heterocycles. The van der Waals surface area contributed by atoms with E-state index < -0.39 is 16.1 Å². The number of hydrogen-bond donors (Lipinski definition) is 3. The molecule has 0 radical (unpaired) electrons. The third-order valence-electron chi connectivity index (χ3n) is 2.22. The average Bonchev–Trinajstić information content (AvgIpc) is 2.28. The second-order valence-corrected chi connectivity index (χ2v) is 5.81. The first-order valence-electron chi connectivity index (χ1n) is 5.89. The molecule has 108 valence electrons. The Bertz CT molecular complexity index is 332. The van der Waals surface area contributed by atoms with Gasteiger partial charge < -0.3 is 15.8 Å². The summed E-state index contributed by atoms with van der Waals surface area (Å²) in [6.45, 7) is 2.71. The molecule has 8 heteroatoms. The van der Waals surface area contributed by atoms with Gasteiger partial charge in [0.2, 0.25) is 15.9 Å². The maximum Gasteiger partial charge on any atom is 0.237 e. The van der Waals surface area contributed by atoms with Gasteiger partial charge in [-0.1, -0.05) is 0 Å². The van der Waals surface area contributed by atoms with Crippen LogP contribution in [0.25, 0.3) is 0 Å². The molecule has 0 spiro atoms. The first-order chi connectivity index (χ1) is 8.43. The van der Waals surface area contributed by atoms with Crippen LogP contribution in [-0.4, -0.2) is 52.9 Å². The fraction of sp³-hybridized carbons (Fsp3) is 0.900. The van der Waals surface area contributed by atoms with E-state index in [1.54, 1.807) is 0 Å². The monoisotopic (exact) mass is 281 g/mol. The third-order valence-corrected chi connectivity index (χ3v) is 3.76. The van der Waals surface area contributed by atoms with Crippen molar-refractivity contribution < 1.29 is 17.9 Å². The molecule has 0 heterocycles. The number of carbonyl (C=O) groups excluding carboxylic acids is 1. The highest BCUT2D eigenvalue weighted by molar-refractivity contribution is 7.89. The summed E-state index contributed by atoms with van der Waals surface area (Å²) in [7, 11) is -1.90. The van der Waals surface area contributed by atoms with Crippen molar-refractivity contribution in [3.05, 3.63) is 0 Å². The molecule has 0 aromatic heterocycles. The number of nitrogens with one attached hydrogen (secondary N) is 2. The van der Waals surface area contributed by atoms with E-state index in [1.807, 2.05) is 0 Å². The zero-order chi connectivity index (χ0) is 14.0. The van der Waals surface area contributed by atoms with Gasteiger partial charge in [-0.25, -0.2) is 13.1 Å². The van der Waals surface area contributed by atoms with E-state index in [9.17, 15) is 13.2 Å². The molecule has 1 unspecified atom stereocenters. The van der Waals surface area contributed by atoms with Crippen LogP contribution in [0.2, 0.25) is 0 Å². The first kappa shape index (κ1) is 17.3. The number of ether oxygens (including phenoxy) is 1. The molecule has 0 aliphatic heterocycles. The normalized spacial score (nSPS) is 13.3. The van der Waals surface area contributed by atoms with Crippen LogP contribution in [0.4, 0.5) is 0 Å². The number of rotatable bonds is 10. The molecule has 0 saturated carbocycles. The summed E-state index contributed by atoms with van der Waals surface area (Å²) in [5.74, 6) is -0.380. The molecule has 0 aliphatic carbocycles. The summed E-state index contributed by atoms with van der Waals surface area (Å²) in [5.41, 5.74) is 5.28. The maximum atomic E-state index is 11.6. The van der Waals surface area contributed by atoms with Crippen LogP contribution < -0.4 is 15.8 Å². The van der Waals surface area contributed by atoms with Gasteiger partial charge in [-0.15, -0.1) is 0 Å². The molecule has 7 nitrogen and oxygen atoms in total. The molecular weight excluding hydrogens is 258 g/mol. The number of methoxy groups -OCH3 is 1. The van der Waals surface area contributed by atoms with Crippen LogP contribution in [0, 0.1) is 0 Å². The van der Waals surface area contributed by atoms with E-state index in [4.69, 9.17) is 10.5 Å². The van der Waals surface area contributed by atoms with E-state index in [0.29, 0.717) is 32.5 Å². The van der Waals surface area contributed by atoms with Crippen molar-refractivity contribution in [3.63, 3.8) is 0 Å². The van der Waals surface area contributed by atoms with Crippen LogP contribution >= 0.6 is 0 Å². The molecule has 1 amide bonds. The molecule has 0 fully saturated rings. The number of sulfonamides is 1. The van der Waals surface area contributed by atoms with Crippen molar-refractivity contribution in [2.24, 2.45) is 5.73 Å². The number of amides is 1. The van der Waals surface area contributed by atoms with Crippen molar-refractivity contribution in [3.8, 4) is 0 Å². The Morgan fingerprint density at radius 1 is 1.39 bits per heavy atom. The Morgan fingerprint density at radius 3 is 2.61 bits per heavy atom. The van der Waals surface area contributed by atoms with Crippen LogP contribution in [0.1, 0.15) is 19.8 Å². The molecule has 0 aromatic carbocycles. The molecule has 4 N–H and O–H groups in total.